The van der Waals surface area contributed by atoms with E-state index in [2.05, 4.69) is 29.4 Å². The maximum absolute atomic E-state index is 11.3. The Bertz CT molecular complexity index is 694. The van der Waals surface area contributed by atoms with Gasteiger partial charge in [0.05, 0.1) is 10.5 Å². The molecule has 0 aliphatic rings. The first-order valence-corrected chi connectivity index (χ1v) is 6.37. The standard InChI is InChI=1S/C13H14N4O2S/c1-8(2)7-16-12(14-15-13(16)20)10-6-4-5-9(3)11(10)17(18)19/h4-6H,1,7H2,2-3H3,(H,15,20). The Hall–Kier alpha value is -2.15. The molecule has 104 valence electrons. The van der Waals surface area contributed by atoms with Crippen LogP contribution in [0.3, 0.4) is 0 Å². The molecule has 0 saturated carbocycles. The Morgan fingerprint density at radius 3 is 2.80 bits per heavy atom. The van der Waals surface area contributed by atoms with E-state index < -0.39 is 4.92 Å². The van der Waals surface area contributed by atoms with E-state index in [0.717, 1.165) is 5.57 Å². The average Bonchev–Trinajstić information content (AvgIpc) is 2.69. The van der Waals surface area contributed by atoms with Crippen LogP contribution in [0, 0.1) is 17.0 Å². The van der Waals surface area contributed by atoms with Gasteiger partial charge in [0.2, 0.25) is 0 Å². The summed E-state index contributed by atoms with van der Waals surface area (Å²) >= 11 is 4.23. The first kappa shape index (κ1) is 14.3. The van der Waals surface area contributed by atoms with Crippen LogP contribution in [0.1, 0.15) is 12.5 Å². The summed E-state index contributed by atoms with van der Waals surface area (Å²) in [6.07, 6.45) is 0. The summed E-state index contributed by atoms with van der Waals surface area (Å²) in [5.41, 5.74) is 1.94. The van der Waals surface area contributed by atoms with Crippen LogP contribution in [-0.2, 0) is 6.54 Å². The van der Waals surface area contributed by atoms with Gasteiger partial charge in [0.25, 0.3) is 5.69 Å². The maximum atomic E-state index is 11.3. The molecule has 0 saturated heterocycles. The minimum Gasteiger partial charge on any atom is -0.298 e. The zero-order valence-corrected chi connectivity index (χ0v) is 12.1. The Labute approximate surface area is 121 Å². The number of para-hydroxylation sites is 1. The second kappa shape index (κ2) is 5.46. The highest BCUT2D eigenvalue weighted by molar-refractivity contribution is 7.80. The summed E-state index contributed by atoms with van der Waals surface area (Å²) in [5.74, 6) is 0.424. The van der Waals surface area contributed by atoms with E-state index >= 15 is 0 Å². The van der Waals surface area contributed by atoms with Gasteiger partial charge in [0.15, 0.2) is 11.0 Å². The first-order valence-electron chi connectivity index (χ1n) is 5.92. The van der Waals surface area contributed by atoms with Crippen LogP contribution in [0.5, 0.6) is 0 Å². The molecule has 1 aromatic heterocycles. The van der Waals surface area contributed by atoms with E-state index in [-0.39, 0.29) is 5.69 Å². The quantitative estimate of drug-likeness (QED) is 0.406. The molecular weight excluding hydrogens is 276 g/mol. The fourth-order valence-electron chi connectivity index (χ4n) is 1.99. The van der Waals surface area contributed by atoms with Crippen molar-refractivity contribution in [3.8, 4) is 11.4 Å². The summed E-state index contributed by atoms with van der Waals surface area (Å²) in [6.45, 7) is 7.86. The van der Waals surface area contributed by atoms with Crippen molar-refractivity contribution < 1.29 is 4.92 Å². The molecule has 1 aromatic carbocycles. The minimum absolute atomic E-state index is 0.0381. The van der Waals surface area contributed by atoms with Crippen molar-refractivity contribution in [1.82, 2.24) is 14.8 Å². The smallest absolute Gasteiger partial charge is 0.283 e. The van der Waals surface area contributed by atoms with Gasteiger partial charge in [0.1, 0.15) is 0 Å². The van der Waals surface area contributed by atoms with Crippen LogP contribution in [0.4, 0.5) is 5.69 Å². The van der Waals surface area contributed by atoms with Gasteiger partial charge in [-0.25, -0.2) is 0 Å². The number of aryl methyl sites for hydroxylation is 1. The number of nitro benzene ring substituents is 1. The molecule has 0 atom stereocenters. The Kier molecular flexibility index (Phi) is 3.89. The van der Waals surface area contributed by atoms with Crippen molar-refractivity contribution >= 4 is 18.3 Å². The zero-order chi connectivity index (χ0) is 14.9. The van der Waals surface area contributed by atoms with Gasteiger partial charge in [-0.2, -0.15) is 0 Å². The number of hydrogen-bond donors (Lipinski definition) is 1. The van der Waals surface area contributed by atoms with E-state index in [1.165, 1.54) is 0 Å². The van der Waals surface area contributed by atoms with Crippen LogP contribution < -0.4 is 0 Å². The second-order valence-electron chi connectivity index (χ2n) is 4.60. The number of allylic oxidation sites excluding steroid dienone is 1. The van der Waals surface area contributed by atoms with Crippen molar-refractivity contribution in [1.29, 1.82) is 0 Å². The van der Waals surface area contributed by atoms with Gasteiger partial charge in [0, 0.05) is 12.1 Å². The minimum atomic E-state index is -0.400. The number of benzene rings is 1. The van der Waals surface area contributed by atoms with Crippen LogP contribution in [-0.4, -0.2) is 19.7 Å². The molecule has 0 unspecified atom stereocenters. The van der Waals surface area contributed by atoms with Crippen molar-refractivity contribution in [2.45, 2.75) is 25.5 Å². The lowest BCUT2D eigenvalue weighted by molar-refractivity contribution is -0.384. The number of nitro groups is 1. The number of nitrogens with zero attached hydrogens (tertiary/aromatic N) is 4. The van der Waals surface area contributed by atoms with E-state index in [9.17, 15) is 10.1 Å². The van der Waals surface area contributed by atoms with Gasteiger partial charge in [-0.1, -0.05) is 24.3 Å². The first-order chi connectivity index (χ1) is 9.41. The molecule has 0 aliphatic carbocycles. The SMILES string of the molecule is C=C(C)Cn1c(S)nnc1-c1cccc(C)c1[N+](=O)[O-]. The van der Waals surface area contributed by atoms with Gasteiger partial charge >= 0.3 is 0 Å². The zero-order valence-electron chi connectivity index (χ0n) is 11.2. The molecule has 6 nitrogen and oxygen atoms in total. The number of thiol groups is 1. The lowest BCUT2D eigenvalue weighted by atomic mass is 10.1. The van der Waals surface area contributed by atoms with Crippen LogP contribution in [0.2, 0.25) is 0 Å². The molecule has 0 bridgehead atoms. The van der Waals surface area contributed by atoms with E-state index in [1.54, 1.807) is 29.7 Å². The highest BCUT2D eigenvalue weighted by Crippen LogP contribution is 2.32. The van der Waals surface area contributed by atoms with Gasteiger partial charge < -0.3 is 0 Å². The van der Waals surface area contributed by atoms with Crippen LogP contribution >= 0.6 is 12.6 Å². The monoisotopic (exact) mass is 290 g/mol. The molecule has 0 fully saturated rings. The lowest BCUT2D eigenvalue weighted by Crippen LogP contribution is -2.04. The Morgan fingerprint density at radius 1 is 1.50 bits per heavy atom. The topological polar surface area (TPSA) is 73.8 Å². The number of hydrogen-bond acceptors (Lipinski definition) is 5. The summed E-state index contributed by atoms with van der Waals surface area (Å²) in [7, 11) is 0. The Balaban J connectivity index is 2.66. The average molecular weight is 290 g/mol. The molecule has 1 heterocycles. The van der Waals surface area contributed by atoms with Crippen molar-refractivity contribution in [3.05, 3.63) is 46.0 Å². The Morgan fingerprint density at radius 2 is 2.20 bits per heavy atom. The third-order valence-electron chi connectivity index (χ3n) is 2.82. The van der Waals surface area contributed by atoms with Crippen molar-refractivity contribution in [2.75, 3.05) is 0 Å². The fraction of sp³-hybridized carbons (Fsp3) is 0.231. The summed E-state index contributed by atoms with van der Waals surface area (Å²) < 4.78 is 1.70. The van der Waals surface area contributed by atoms with E-state index in [1.807, 2.05) is 6.92 Å². The van der Waals surface area contributed by atoms with Crippen molar-refractivity contribution in [3.63, 3.8) is 0 Å². The highest BCUT2D eigenvalue weighted by Gasteiger charge is 2.23. The third-order valence-corrected chi connectivity index (χ3v) is 3.15. The molecular formula is C13H14N4O2S. The highest BCUT2D eigenvalue weighted by atomic mass is 32.1. The van der Waals surface area contributed by atoms with E-state index in [4.69, 9.17) is 0 Å². The molecule has 20 heavy (non-hydrogen) atoms. The normalized spacial score (nSPS) is 10.6. The number of rotatable bonds is 4. The molecule has 0 N–H and O–H groups in total. The molecule has 0 radical (unpaired) electrons. The maximum Gasteiger partial charge on any atom is 0.283 e. The lowest BCUT2D eigenvalue weighted by Gasteiger charge is -2.09. The largest absolute Gasteiger partial charge is 0.298 e. The molecule has 7 heteroatoms. The van der Waals surface area contributed by atoms with Gasteiger partial charge in [-0.15, -0.1) is 22.8 Å². The molecule has 0 spiro atoms. The molecule has 2 rings (SSSR count). The summed E-state index contributed by atoms with van der Waals surface area (Å²) in [6, 6.07) is 5.12. The van der Waals surface area contributed by atoms with Crippen LogP contribution in [0.25, 0.3) is 11.4 Å². The van der Waals surface area contributed by atoms with Gasteiger partial charge in [-0.05, 0) is 19.9 Å². The fourth-order valence-corrected chi connectivity index (χ4v) is 2.20. The predicted octanol–water partition coefficient (Wildman–Crippen LogP) is 3.03. The summed E-state index contributed by atoms with van der Waals surface area (Å²) in [4.78, 5) is 10.9. The van der Waals surface area contributed by atoms with Crippen molar-refractivity contribution in [2.24, 2.45) is 0 Å². The molecule has 0 amide bonds. The number of aromatic nitrogens is 3. The molecule has 2 aromatic rings. The second-order valence-corrected chi connectivity index (χ2v) is 5.00. The third kappa shape index (κ3) is 2.57. The van der Waals surface area contributed by atoms with E-state index in [0.29, 0.717) is 28.7 Å². The van der Waals surface area contributed by atoms with Gasteiger partial charge in [-0.3, -0.25) is 14.7 Å². The van der Waals surface area contributed by atoms with Crippen LogP contribution in [0.15, 0.2) is 35.5 Å². The predicted molar refractivity (Wildman–Crippen MR) is 78.9 cm³/mol. The molecule has 0 aliphatic heterocycles. The summed E-state index contributed by atoms with van der Waals surface area (Å²) in [5, 5.41) is 19.6.